The Morgan fingerprint density at radius 3 is 2.60 bits per heavy atom. The number of hydrogen-bond acceptors (Lipinski definition) is 2. The van der Waals surface area contributed by atoms with Crippen LogP contribution in [-0.4, -0.2) is 4.98 Å². The van der Waals surface area contributed by atoms with Gasteiger partial charge in [0.05, 0.1) is 0 Å². The Kier molecular flexibility index (Phi) is 3.23. The molecule has 1 heterocycles. The third kappa shape index (κ3) is 2.70. The molecular formula is C11H7ClFNS. The average molecular weight is 240 g/mol. The van der Waals surface area contributed by atoms with Crippen molar-refractivity contribution in [3.05, 3.63) is 53.4 Å². The van der Waals surface area contributed by atoms with Crippen molar-refractivity contribution >= 4 is 23.4 Å². The molecule has 0 amide bonds. The predicted molar refractivity (Wildman–Crippen MR) is 59.8 cm³/mol. The third-order valence-corrected chi connectivity index (χ3v) is 2.94. The summed E-state index contributed by atoms with van der Waals surface area (Å²) in [5.74, 6) is -0.246. The fraction of sp³-hybridized carbons (Fsp3) is 0. The summed E-state index contributed by atoms with van der Waals surface area (Å²) in [6.07, 6.45) is 0. The molecule has 1 aromatic carbocycles. The molecule has 0 fully saturated rings. The SMILES string of the molecule is Fc1ccccc1Sc1cccc(Cl)n1. The van der Waals surface area contributed by atoms with E-state index >= 15 is 0 Å². The van der Waals surface area contributed by atoms with Crippen molar-refractivity contribution in [3.63, 3.8) is 0 Å². The second-order valence-corrected chi connectivity index (χ2v) is 4.28. The molecule has 0 bridgehead atoms. The van der Waals surface area contributed by atoms with Crippen LogP contribution in [0.2, 0.25) is 5.15 Å². The molecule has 1 nitrogen and oxygen atoms in total. The highest BCUT2D eigenvalue weighted by Crippen LogP contribution is 2.28. The first-order valence-electron chi connectivity index (χ1n) is 4.30. The minimum atomic E-state index is -0.246. The number of benzene rings is 1. The molecule has 0 aliphatic rings. The minimum Gasteiger partial charge on any atom is -0.229 e. The van der Waals surface area contributed by atoms with Crippen molar-refractivity contribution in [2.24, 2.45) is 0 Å². The summed E-state index contributed by atoms with van der Waals surface area (Å²) in [7, 11) is 0. The summed E-state index contributed by atoms with van der Waals surface area (Å²) in [6, 6.07) is 11.9. The smallest absolute Gasteiger partial charge is 0.137 e. The molecule has 0 unspecified atom stereocenters. The summed E-state index contributed by atoms with van der Waals surface area (Å²) in [6.45, 7) is 0. The highest BCUT2D eigenvalue weighted by molar-refractivity contribution is 7.99. The first-order valence-corrected chi connectivity index (χ1v) is 5.50. The van der Waals surface area contributed by atoms with Crippen LogP contribution in [0.3, 0.4) is 0 Å². The number of halogens is 2. The van der Waals surface area contributed by atoms with Crippen molar-refractivity contribution in [1.82, 2.24) is 4.98 Å². The summed E-state index contributed by atoms with van der Waals surface area (Å²) in [5, 5.41) is 1.10. The van der Waals surface area contributed by atoms with E-state index in [1.54, 1.807) is 36.4 Å². The van der Waals surface area contributed by atoms with E-state index in [4.69, 9.17) is 11.6 Å². The van der Waals surface area contributed by atoms with Gasteiger partial charge in [-0.15, -0.1) is 0 Å². The fourth-order valence-electron chi connectivity index (χ4n) is 1.09. The lowest BCUT2D eigenvalue weighted by Gasteiger charge is -2.01. The lowest BCUT2D eigenvalue weighted by Crippen LogP contribution is -1.83. The highest BCUT2D eigenvalue weighted by atomic mass is 35.5. The molecule has 0 spiro atoms. The van der Waals surface area contributed by atoms with Gasteiger partial charge < -0.3 is 0 Å². The Labute approximate surface area is 96.3 Å². The number of rotatable bonds is 2. The van der Waals surface area contributed by atoms with Gasteiger partial charge in [-0.2, -0.15) is 0 Å². The van der Waals surface area contributed by atoms with Gasteiger partial charge >= 0.3 is 0 Å². The lowest BCUT2D eigenvalue weighted by molar-refractivity contribution is 0.602. The molecular weight excluding hydrogens is 233 g/mol. The topological polar surface area (TPSA) is 12.9 Å². The van der Waals surface area contributed by atoms with Crippen LogP contribution in [-0.2, 0) is 0 Å². The van der Waals surface area contributed by atoms with Crippen molar-refractivity contribution in [1.29, 1.82) is 0 Å². The van der Waals surface area contributed by atoms with Crippen LogP contribution in [0.25, 0.3) is 0 Å². The van der Waals surface area contributed by atoms with E-state index in [-0.39, 0.29) is 5.82 Å². The van der Waals surface area contributed by atoms with Gasteiger partial charge in [-0.1, -0.05) is 41.6 Å². The first kappa shape index (κ1) is 10.5. The Morgan fingerprint density at radius 1 is 1.07 bits per heavy atom. The standard InChI is InChI=1S/C11H7ClFNS/c12-10-6-3-7-11(14-10)15-9-5-2-1-4-8(9)13/h1-7H. The van der Waals surface area contributed by atoms with Gasteiger partial charge in [0.25, 0.3) is 0 Å². The Hall–Kier alpha value is -1.06. The normalized spacial score (nSPS) is 10.3. The zero-order valence-corrected chi connectivity index (χ0v) is 9.23. The second kappa shape index (κ2) is 4.64. The molecule has 0 atom stereocenters. The molecule has 0 aliphatic heterocycles. The van der Waals surface area contributed by atoms with E-state index < -0.39 is 0 Å². The minimum absolute atomic E-state index is 0.246. The van der Waals surface area contributed by atoms with E-state index in [0.29, 0.717) is 15.1 Å². The maximum Gasteiger partial charge on any atom is 0.137 e. The molecule has 76 valence electrons. The molecule has 2 rings (SSSR count). The predicted octanol–water partition coefficient (Wildman–Crippen LogP) is 4.03. The molecule has 0 N–H and O–H groups in total. The molecule has 0 aliphatic carbocycles. The van der Waals surface area contributed by atoms with Crippen LogP contribution in [0.4, 0.5) is 4.39 Å². The molecule has 0 saturated carbocycles. The zero-order valence-electron chi connectivity index (χ0n) is 7.65. The van der Waals surface area contributed by atoms with Crippen molar-refractivity contribution in [3.8, 4) is 0 Å². The summed E-state index contributed by atoms with van der Waals surface area (Å²) >= 11 is 6.99. The third-order valence-electron chi connectivity index (χ3n) is 1.74. The quantitative estimate of drug-likeness (QED) is 0.734. The Balaban J connectivity index is 2.26. The molecule has 15 heavy (non-hydrogen) atoms. The number of hydrogen-bond donors (Lipinski definition) is 0. The van der Waals surface area contributed by atoms with Gasteiger partial charge in [0.15, 0.2) is 0 Å². The van der Waals surface area contributed by atoms with Gasteiger partial charge in [-0.25, -0.2) is 9.37 Å². The van der Waals surface area contributed by atoms with Gasteiger partial charge in [0, 0.05) is 4.90 Å². The van der Waals surface area contributed by atoms with E-state index in [9.17, 15) is 4.39 Å². The van der Waals surface area contributed by atoms with E-state index in [1.165, 1.54) is 17.8 Å². The van der Waals surface area contributed by atoms with Gasteiger partial charge in [0.2, 0.25) is 0 Å². The number of pyridine rings is 1. The van der Waals surface area contributed by atoms with E-state index in [2.05, 4.69) is 4.98 Å². The van der Waals surface area contributed by atoms with E-state index in [1.807, 2.05) is 0 Å². The van der Waals surface area contributed by atoms with Gasteiger partial charge in [0.1, 0.15) is 16.0 Å². The molecule has 2 aromatic rings. The maximum absolute atomic E-state index is 13.3. The van der Waals surface area contributed by atoms with E-state index in [0.717, 1.165) is 0 Å². The Bertz CT molecular complexity index is 476. The fourth-order valence-corrected chi connectivity index (χ4v) is 2.13. The van der Waals surface area contributed by atoms with Crippen molar-refractivity contribution in [2.45, 2.75) is 9.92 Å². The monoisotopic (exact) mass is 239 g/mol. The van der Waals surface area contributed by atoms with Crippen LogP contribution >= 0.6 is 23.4 Å². The maximum atomic E-state index is 13.3. The summed E-state index contributed by atoms with van der Waals surface area (Å²) in [4.78, 5) is 4.62. The van der Waals surface area contributed by atoms with Crippen LogP contribution in [0.15, 0.2) is 52.4 Å². The van der Waals surface area contributed by atoms with Crippen LogP contribution < -0.4 is 0 Å². The van der Waals surface area contributed by atoms with Gasteiger partial charge in [-0.3, -0.25) is 0 Å². The van der Waals surface area contributed by atoms with Crippen LogP contribution in [0, 0.1) is 5.82 Å². The van der Waals surface area contributed by atoms with Crippen molar-refractivity contribution in [2.75, 3.05) is 0 Å². The lowest BCUT2D eigenvalue weighted by atomic mass is 10.3. The zero-order chi connectivity index (χ0) is 10.7. The van der Waals surface area contributed by atoms with Gasteiger partial charge in [-0.05, 0) is 24.3 Å². The molecule has 0 radical (unpaired) electrons. The van der Waals surface area contributed by atoms with Crippen LogP contribution in [0.1, 0.15) is 0 Å². The second-order valence-electron chi connectivity index (χ2n) is 2.83. The number of aromatic nitrogens is 1. The first-order chi connectivity index (χ1) is 7.25. The summed E-state index contributed by atoms with van der Waals surface area (Å²) < 4.78 is 13.3. The number of nitrogens with zero attached hydrogens (tertiary/aromatic N) is 1. The highest BCUT2D eigenvalue weighted by Gasteiger charge is 2.03. The Morgan fingerprint density at radius 2 is 1.87 bits per heavy atom. The van der Waals surface area contributed by atoms with Crippen molar-refractivity contribution < 1.29 is 4.39 Å². The summed E-state index contributed by atoms with van der Waals surface area (Å²) in [5.41, 5.74) is 0. The van der Waals surface area contributed by atoms with Crippen LogP contribution in [0.5, 0.6) is 0 Å². The average Bonchev–Trinajstić information content (AvgIpc) is 2.22. The molecule has 1 aromatic heterocycles. The molecule has 4 heteroatoms. The largest absolute Gasteiger partial charge is 0.229 e. The molecule has 0 saturated heterocycles.